The molecule has 0 spiro atoms. The zero-order chi connectivity index (χ0) is 16.7. The molecule has 1 amide bonds. The molecular weight excluding hydrogens is 290 g/mol. The van der Waals surface area contributed by atoms with Crippen LogP contribution in [-0.2, 0) is 4.79 Å². The molecule has 0 bridgehead atoms. The molecule has 0 aromatic heterocycles. The van der Waals surface area contributed by atoms with Gasteiger partial charge in [0.1, 0.15) is 6.10 Å². The van der Waals surface area contributed by atoms with Crippen molar-refractivity contribution in [1.82, 2.24) is 5.32 Å². The van der Waals surface area contributed by atoms with E-state index < -0.39 is 12.1 Å². The van der Waals surface area contributed by atoms with Crippen LogP contribution in [0.3, 0.4) is 0 Å². The minimum absolute atomic E-state index is 0.0114. The van der Waals surface area contributed by atoms with Crippen molar-refractivity contribution in [3.8, 4) is 0 Å². The first-order chi connectivity index (χ1) is 11.2. The van der Waals surface area contributed by atoms with Gasteiger partial charge in [-0.15, -0.1) is 0 Å². The molecule has 1 aliphatic carbocycles. The lowest BCUT2D eigenvalue weighted by molar-refractivity contribution is -0.128. The number of hydrogen-bond acceptors (Lipinski definition) is 3. The largest absolute Gasteiger partial charge is 0.394 e. The Balaban J connectivity index is 1.94. The Morgan fingerprint density at radius 1 is 1.30 bits per heavy atom. The molecule has 23 heavy (non-hydrogen) atoms. The normalized spacial score (nSPS) is 24.0. The first kappa shape index (κ1) is 18.0. The molecule has 1 aromatic rings. The summed E-state index contributed by atoms with van der Waals surface area (Å²) in [5.74, 6) is 0.619. The lowest BCUT2D eigenvalue weighted by Crippen LogP contribution is -2.45. The van der Waals surface area contributed by atoms with E-state index in [2.05, 4.69) is 12.2 Å². The van der Waals surface area contributed by atoms with Crippen molar-refractivity contribution in [2.75, 3.05) is 6.61 Å². The second kappa shape index (κ2) is 9.04. The van der Waals surface area contributed by atoms with Gasteiger partial charge in [-0.2, -0.15) is 0 Å². The second-order valence-electron chi connectivity index (χ2n) is 6.67. The smallest absolute Gasteiger partial charge is 0.223 e. The molecule has 128 valence electrons. The third kappa shape index (κ3) is 5.05. The van der Waals surface area contributed by atoms with Gasteiger partial charge >= 0.3 is 0 Å². The van der Waals surface area contributed by atoms with Crippen molar-refractivity contribution in [3.63, 3.8) is 0 Å². The number of nitrogens with one attached hydrogen (secondary N) is 1. The summed E-state index contributed by atoms with van der Waals surface area (Å²) in [7, 11) is 0. The fraction of sp³-hybridized carbons (Fsp3) is 0.632. The Labute approximate surface area is 138 Å². The lowest BCUT2D eigenvalue weighted by Gasteiger charge is -2.30. The van der Waals surface area contributed by atoms with E-state index >= 15 is 0 Å². The maximum atomic E-state index is 12.5. The van der Waals surface area contributed by atoms with Crippen LogP contribution in [0.25, 0.3) is 0 Å². The Morgan fingerprint density at radius 3 is 2.70 bits per heavy atom. The van der Waals surface area contributed by atoms with E-state index in [1.165, 1.54) is 12.8 Å². The third-order valence-electron chi connectivity index (χ3n) is 4.90. The number of hydrogen-bond donors (Lipinski definition) is 3. The minimum atomic E-state index is -0.889. The minimum Gasteiger partial charge on any atom is -0.394 e. The van der Waals surface area contributed by atoms with Gasteiger partial charge in [0, 0.05) is 5.92 Å². The van der Waals surface area contributed by atoms with Crippen LogP contribution < -0.4 is 5.32 Å². The maximum Gasteiger partial charge on any atom is 0.223 e. The third-order valence-corrected chi connectivity index (χ3v) is 4.90. The van der Waals surface area contributed by atoms with Crippen LogP contribution in [0.2, 0.25) is 0 Å². The highest BCUT2D eigenvalue weighted by molar-refractivity contribution is 5.79. The molecule has 0 radical (unpaired) electrons. The van der Waals surface area contributed by atoms with E-state index in [0.29, 0.717) is 11.5 Å². The molecule has 0 unspecified atom stereocenters. The topological polar surface area (TPSA) is 69.6 Å². The van der Waals surface area contributed by atoms with Crippen LogP contribution in [-0.4, -0.2) is 28.8 Å². The SMILES string of the molecule is CCC[C@@H]1CCC[C@H](C(=O)N[C@@H](CO)[C@@H](O)c2ccccc2)C1. The monoisotopic (exact) mass is 319 g/mol. The van der Waals surface area contributed by atoms with Crippen LogP contribution in [0.4, 0.5) is 0 Å². The summed E-state index contributed by atoms with van der Waals surface area (Å²) in [6.07, 6.45) is 5.59. The molecule has 0 aliphatic heterocycles. The van der Waals surface area contributed by atoms with Gasteiger partial charge in [0.25, 0.3) is 0 Å². The summed E-state index contributed by atoms with van der Waals surface area (Å²) in [6.45, 7) is 1.91. The van der Waals surface area contributed by atoms with Crippen LogP contribution in [0.1, 0.15) is 57.1 Å². The highest BCUT2D eigenvalue weighted by Gasteiger charge is 2.30. The Morgan fingerprint density at radius 2 is 2.04 bits per heavy atom. The quantitative estimate of drug-likeness (QED) is 0.724. The predicted molar refractivity (Wildman–Crippen MR) is 90.8 cm³/mol. The fourth-order valence-electron chi connectivity index (χ4n) is 3.61. The van der Waals surface area contributed by atoms with Crippen molar-refractivity contribution >= 4 is 5.91 Å². The molecule has 4 heteroatoms. The zero-order valence-corrected chi connectivity index (χ0v) is 13.9. The molecule has 4 nitrogen and oxygen atoms in total. The molecule has 1 aromatic carbocycles. The standard InChI is InChI=1S/C19H29NO3/c1-2-7-14-8-6-11-16(12-14)19(23)20-17(13-21)18(22)15-9-4-3-5-10-15/h3-5,9-10,14,16-18,21-22H,2,6-8,11-13H2,1H3,(H,20,23)/t14-,16+,17+,18+/m1/s1. The van der Waals surface area contributed by atoms with Gasteiger partial charge < -0.3 is 15.5 Å². The average Bonchev–Trinajstić information content (AvgIpc) is 2.60. The molecule has 1 fully saturated rings. The predicted octanol–water partition coefficient (Wildman–Crippen LogP) is 2.80. The summed E-state index contributed by atoms with van der Waals surface area (Å²) in [6, 6.07) is 8.50. The van der Waals surface area contributed by atoms with Gasteiger partial charge in [0.05, 0.1) is 12.6 Å². The number of carbonyl (C=O) groups is 1. The molecule has 0 saturated heterocycles. The van der Waals surface area contributed by atoms with Crippen molar-refractivity contribution in [2.24, 2.45) is 11.8 Å². The van der Waals surface area contributed by atoms with E-state index in [0.717, 1.165) is 25.7 Å². The Kier molecular flexibility index (Phi) is 7.06. The molecule has 3 N–H and O–H groups in total. The van der Waals surface area contributed by atoms with Crippen LogP contribution in [0.5, 0.6) is 0 Å². The summed E-state index contributed by atoms with van der Waals surface area (Å²) in [5, 5.41) is 22.8. The van der Waals surface area contributed by atoms with Gasteiger partial charge in [-0.1, -0.05) is 62.9 Å². The Bertz CT molecular complexity index is 475. The van der Waals surface area contributed by atoms with E-state index in [1.807, 2.05) is 18.2 Å². The fourth-order valence-corrected chi connectivity index (χ4v) is 3.61. The summed E-state index contributed by atoms with van der Waals surface area (Å²) < 4.78 is 0. The van der Waals surface area contributed by atoms with E-state index in [9.17, 15) is 15.0 Å². The molecule has 1 aliphatic rings. The Hall–Kier alpha value is -1.39. The number of rotatable bonds is 7. The van der Waals surface area contributed by atoms with Gasteiger partial charge in [0.15, 0.2) is 0 Å². The highest BCUT2D eigenvalue weighted by atomic mass is 16.3. The lowest BCUT2D eigenvalue weighted by atomic mass is 9.79. The first-order valence-electron chi connectivity index (χ1n) is 8.80. The number of amides is 1. The molecule has 2 rings (SSSR count). The highest BCUT2D eigenvalue weighted by Crippen LogP contribution is 2.32. The van der Waals surface area contributed by atoms with Gasteiger partial charge in [-0.25, -0.2) is 0 Å². The summed E-state index contributed by atoms with van der Waals surface area (Å²) in [5.41, 5.74) is 0.708. The van der Waals surface area contributed by atoms with Gasteiger partial charge in [-0.3, -0.25) is 4.79 Å². The molecule has 1 saturated carbocycles. The summed E-state index contributed by atoms with van der Waals surface area (Å²) in [4.78, 5) is 12.5. The molecular formula is C19H29NO3. The number of aliphatic hydroxyl groups excluding tert-OH is 2. The molecule has 0 heterocycles. The van der Waals surface area contributed by atoms with Gasteiger partial charge in [-0.05, 0) is 24.3 Å². The number of carbonyl (C=O) groups excluding carboxylic acids is 1. The van der Waals surface area contributed by atoms with E-state index in [-0.39, 0.29) is 18.4 Å². The van der Waals surface area contributed by atoms with Crippen LogP contribution in [0, 0.1) is 11.8 Å². The van der Waals surface area contributed by atoms with Crippen molar-refractivity contribution in [1.29, 1.82) is 0 Å². The second-order valence-corrected chi connectivity index (χ2v) is 6.67. The number of benzene rings is 1. The summed E-state index contributed by atoms with van der Waals surface area (Å²) >= 11 is 0. The van der Waals surface area contributed by atoms with Gasteiger partial charge in [0.2, 0.25) is 5.91 Å². The zero-order valence-electron chi connectivity index (χ0n) is 13.9. The molecule has 4 atom stereocenters. The van der Waals surface area contributed by atoms with Crippen molar-refractivity contribution in [2.45, 2.75) is 57.6 Å². The maximum absolute atomic E-state index is 12.5. The average molecular weight is 319 g/mol. The van der Waals surface area contributed by atoms with Crippen molar-refractivity contribution in [3.05, 3.63) is 35.9 Å². The first-order valence-corrected chi connectivity index (χ1v) is 8.80. The van der Waals surface area contributed by atoms with Crippen LogP contribution in [0.15, 0.2) is 30.3 Å². The van der Waals surface area contributed by atoms with E-state index in [1.54, 1.807) is 12.1 Å². The van der Waals surface area contributed by atoms with Crippen LogP contribution >= 0.6 is 0 Å². The van der Waals surface area contributed by atoms with Crippen molar-refractivity contribution < 1.29 is 15.0 Å². The van der Waals surface area contributed by atoms with E-state index in [4.69, 9.17) is 0 Å². The number of aliphatic hydroxyl groups is 2.